The third-order valence-corrected chi connectivity index (χ3v) is 2.16. The summed E-state index contributed by atoms with van der Waals surface area (Å²) in [5, 5.41) is 8.37. The summed E-state index contributed by atoms with van der Waals surface area (Å²) in [7, 11) is 1.85. The molecule has 0 heterocycles. The molecule has 0 fully saturated rings. The molecule has 0 spiro atoms. The zero-order valence-electron chi connectivity index (χ0n) is 9.03. The van der Waals surface area contributed by atoms with Crippen molar-refractivity contribution in [2.75, 3.05) is 18.5 Å². The van der Waals surface area contributed by atoms with Crippen LogP contribution >= 0.6 is 0 Å². The molecule has 0 atom stereocenters. The summed E-state index contributed by atoms with van der Waals surface area (Å²) in [6.45, 7) is 2.31. The van der Waals surface area contributed by atoms with Gasteiger partial charge in [0.1, 0.15) is 0 Å². The van der Waals surface area contributed by atoms with Gasteiger partial charge in [-0.1, -0.05) is 17.7 Å². The number of Topliss-reactive ketones (excluding diaryl/α,β-unsaturated/α-hetero) is 1. The van der Waals surface area contributed by atoms with Crippen LogP contribution in [0.3, 0.4) is 0 Å². The number of nitrogens with zero attached hydrogens (tertiary/aromatic N) is 2. The van der Waals surface area contributed by atoms with Crippen molar-refractivity contribution >= 4 is 11.5 Å². The van der Waals surface area contributed by atoms with Gasteiger partial charge >= 0.3 is 0 Å². The molecule has 0 aliphatic carbocycles. The molecule has 3 heteroatoms. The molecule has 0 aliphatic heterocycles. The van der Waals surface area contributed by atoms with Crippen LogP contribution in [-0.4, -0.2) is 19.4 Å². The lowest BCUT2D eigenvalue weighted by molar-refractivity contribution is -0.116. The third kappa shape index (κ3) is 3.43. The predicted molar refractivity (Wildman–Crippen MR) is 59.7 cm³/mol. The van der Waals surface area contributed by atoms with Crippen LogP contribution in [-0.2, 0) is 4.79 Å². The molecule has 0 saturated carbocycles. The van der Waals surface area contributed by atoms with Crippen LogP contribution in [0.4, 0.5) is 5.69 Å². The van der Waals surface area contributed by atoms with Crippen LogP contribution in [0.2, 0.25) is 0 Å². The maximum Gasteiger partial charge on any atom is 0.166 e. The molecular weight excluding hydrogens is 188 g/mol. The molecule has 0 saturated heterocycles. The van der Waals surface area contributed by atoms with E-state index in [-0.39, 0.29) is 18.7 Å². The lowest BCUT2D eigenvalue weighted by Gasteiger charge is -2.17. The highest BCUT2D eigenvalue weighted by Gasteiger charge is 2.06. The van der Waals surface area contributed by atoms with Gasteiger partial charge in [0, 0.05) is 12.7 Å². The zero-order chi connectivity index (χ0) is 11.3. The quantitative estimate of drug-likeness (QED) is 0.749. The van der Waals surface area contributed by atoms with E-state index in [9.17, 15) is 4.79 Å². The number of aryl methyl sites for hydroxylation is 1. The topological polar surface area (TPSA) is 44.1 Å². The third-order valence-electron chi connectivity index (χ3n) is 2.16. The van der Waals surface area contributed by atoms with Crippen molar-refractivity contribution in [3.8, 4) is 6.07 Å². The van der Waals surface area contributed by atoms with Crippen molar-refractivity contribution in [3.05, 3.63) is 29.8 Å². The Labute approximate surface area is 89.9 Å². The normalized spacial score (nSPS) is 9.40. The Morgan fingerprint density at radius 3 is 2.53 bits per heavy atom. The number of likely N-dealkylation sites (N-methyl/N-ethyl adjacent to an activating group) is 1. The minimum Gasteiger partial charge on any atom is -0.367 e. The summed E-state index contributed by atoms with van der Waals surface area (Å²) in [5.41, 5.74) is 2.18. The van der Waals surface area contributed by atoms with Gasteiger partial charge in [0.15, 0.2) is 5.78 Å². The van der Waals surface area contributed by atoms with Gasteiger partial charge in [-0.05, 0) is 19.1 Å². The molecule has 0 aliphatic rings. The number of anilines is 1. The first-order chi connectivity index (χ1) is 7.13. The highest BCUT2D eigenvalue weighted by atomic mass is 16.1. The second kappa shape index (κ2) is 5.16. The summed E-state index contributed by atoms with van der Waals surface area (Å²) < 4.78 is 0. The number of hydrogen-bond acceptors (Lipinski definition) is 3. The number of carbonyl (C=O) groups excluding carboxylic acids is 1. The molecule has 1 aromatic rings. The van der Waals surface area contributed by atoms with Crippen LogP contribution in [0.15, 0.2) is 24.3 Å². The summed E-state index contributed by atoms with van der Waals surface area (Å²) in [6.07, 6.45) is -0.0177. The van der Waals surface area contributed by atoms with Crippen LogP contribution in [0.25, 0.3) is 0 Å². The van der Waals surface area contributed by atoms with E-state index in [0.29, 0.717) is 0 Å². The monoisotopic (exact) mass is 202 g/mol. The van der Waals surface area contributed by atoms with E-state index in [4.69, 9.17) is 5.26 Å². The molecule has 3 nitrogen and oxygen atoms in total. The largest absolute Gasteiger partial charge is 0.367 e. The van der Waals surface area contributed by atoms with Crippen LogP contribution in [0.1, 0.15) is 12.0 Å². The van der Waals surface area contributed by atoms with E-state index in [1.807, 2.05) is 49.2 Å². The van der Waals surface area contributed by atoms with E-state index in [0.717, 1.165) is 5.69 Å². The molecule has 78 valence electrons. The van der Waals surface area contributed by atoms with Crippen LogP contribution in [0, 0.1) is 18.3 Å². The fourth-order valence-corrected chi connectivity index (χ4v) is 1.30. The minimum absolute atomic E-state index is 0.0177. The van der Waals surface area contributed by atoms with E-state index in [1.54, 1.807) is 0 Å². The van der Waals surface area contributed by atoms with Gasteiger partial charge in [-0.25, -0.2) is 0 Å². The Morgan fingerprint density at radius 2 is 2.00 bits per heavy atom. The highest BCUT2D eigenvalue weighted by Crippen LogP contribution is 2.12. The summed E-state index contributed by atoms with van der Waals surface area (Å²) in [5.74, 6) is -0.0550. The summed E-state index contributed by atoms with van der Waals surface area (Å²) in [4.78, 5) is 13.1. The van der Waals surface area contributed by atoms with Gasteiger partial charge in [-0.3, -0.25) is 4.79 Å². The average Bonchev–Trinajstić information content (AvgIpc) is 2.18. The van der Waals surface area contributed by atoms with Crippen molar-refractivity contribution in [3.63, 3.8) is 0 Å². The van der Waals surface area contributed by atoms with Crippen LogP contribution < -0.4 is 4.90 Å². The lowest BCUT2D eigenvalue weighted by Crippen LogP contribution is -2.25. The van der Waals surface area contributed by atoms with Gasteiger partial charge in [-0.2, -0.15) is 5.26 Å². The van der Waals surface area contributed by atoms with Crippen molar-refractivity contribution in [1.29, 1.82) is 5.26 Å². The van der Waals surface area contributed by atoms with Gasteiger partial charge in [0.2, 0.25) is 0 Å². The molecule has 0 N–H and O–H groups in total. The second-order valence-corrected chi connectivity index (χ2v) is 3.57. The lowest BCUT2D eigenvalue weighted by atomic mass is 10.2. The second-order valence-electron chi connectivity index (χ2n) is 3.57. The number of benzene rings is 1. The Morgan fingerprint density at radius 1 is 1.40 bits per heavy atom. The van der Waals surface area contributed by atoms with Gasteiger partial charge < -0.3 is 4.90 Å². The van der Waals surface area contributed by atoms with E-state index < -0.39 is 0 Å². The number of carbonyl (C=O) groups is 1. The highest BCUT2D eigenvalue weighted by molar-refractivity contribution is 5.85. The maximum absolute atomic E-state index is 11.2. The molecule has 1 rings (SSSR count). The fraction of sp³-hybridized carbons (Fsp3) is 0.333. The maximum atomic E-state index is 11.2. The first kappa shape index (κ1) is 11.3. The summed E-state index contributed by atoms with van der Waals surface area (Å²) in [6, 6.07) is 9.79. The number of ketones is 1. The predicted octanol–water partition coefficient (Wildman–Crippen LogP) is 1.91. The van der Waals surface area contributed by atoms with Crippen molar-refractivity contribution < 1.29 is 4.79 Å². The average molecular weight is 202 g/mol. The zero-order valence-corrected chi connectivity index (χ0v) is 9.03. The molecule has 0 amide bonds. The fourth-order valence-electron chi connectivity index (χ4n) is 1.30. The molecule has 0 unspecified atom stereocenters. The van der Waals surface area contributed by atoms with Gasteiger partial charge in [0.25, 0.3) is 0 Å². The van der Waals surface area contributed by atoms with Crippen LogP contribution in [0.5, 0.6) is 0 Å². The van der Waals surface area contributed by atoms with E-state index >= 15 is 0 Å². The Balaban J connectivity index is 2.61. The first-order valence-corrected chi connectivity index (χ1v) is 4.80. The first-order valence-electron chi connectivity index (χ1n) is 4.80. The van der Waals surface area contributed by atoms with Crippen molar-refractivity contribution in [1.82, 2.24) is 0 Å². The molecule has 0 radical (unpaired) electrons. The van der Waals surface area contributed by atoms with Crippen molar-refractivity contribution in [2.45, 2.75) is 13.3 Å². The van der Waals surface area contributed by atoms with Crippen molar-refractivity contribution in [2.24, 2.45) is 0 Å². The molecular formula is C12H14N2O. The molecule has 1 aromatic carbocycles. The van der Waals surface area contributed by atoms with Gasteiger partial charge in [-0.15, -0.1) is 0 Å². The molecule has 0 bridgehead atoms. The number of nitriles is 1. The van der Waals surface area contributed by atoms with E-state index in [2.05, 4.69) is 0 Å². The SMILES string of the molecule is Cc1ccc(N(C)CC(=O)CC#N)cc1. The summed E-state index contributed by atoms with van der Waals surface area (Å²) >= 11 is 0. The minimum atomic E-state index is -0.0550. The Bertz CT molecular complexity index is 376. The number of hydrogen-bond donors (Lipinski definition) is 0. The Kier molecular flexibility index (Phi) is 3.87. The smallest absolute Gasteiger partial charge is 0.166 e. The Hall–Kier alpha value is -1.82. The van der Waals surface area contributed by atoms with E-state index in [1.165, 1.54) is 5.56 Å². The molecule has 15 heavy (non-hydrogen) atoms. The molecule has 0 aromatic heterocycles. The van der Waals surface area contributed by atoms with Gasteiger partial charge in [0.05, 0.1) is 19.0 Å². The number of rotatable bonds is 4. The standard InChI is InChI=1S/C12H14N2O/c1-10-3-5-11(6-4-10)14(2)9-12(15)7-8-13/h3-6H,7,9H2,1-2H3.